The molecule has 0 aromatic heterocycles. The first-order valence-corrected chi connectivity index (χ1v) is 6.07. The lowest BCUT2D eigenvalue weighted by atomic mass is 9.93. The summed E-state index contributed by atoms with van der Waals surface area (Å²) in [5, 5.41) is 9.93. The van der Waals surface area contributed by atoms with Gasteiger partial charge >= 0.3 is 12.1 Å². The lowest BCUT2D eigenvalue weighted by molar-refractivity contribution is -0.263. The highest BCUT2D eigenvalue weighted by molar-refractivity contribution is 5.84. The molecule has 1 N–H and O–H groups in total. The van der Waals surface area contributed by atoms with Crippen LogP contribution in [0.5, 0.6) is 5.75 Å². The van der Waals surface area contributed by atoms with Crippen molar-refractivity contribution < 1.29 is 32.2 Å². The summed E-state index contributed by atoms with van der Waals surface area (Å²) in [6.45, 7) is 0. The quantitative estimate of drug-likeness (QED) is 0.538. The van der Waals surface area contributed by atoms with E-state index in [1.165, 1.54) is 18.2 Å². The van der Waals surface area contributed by atoms with E-state index in [1.54, 1.807) is 0 Å². The Morgan fingerprint density at radius 2 is 1.50 bits per heavy atom. The predicted molar refractivity (Wildman–Crippen MR) is 68.4 cm³/mol. The van der Waals surface area contributed by atoms with Crippen molar-refractivity contribution in [1.29, 1.82) is 0 Å². The zero-order valence-electron chi connectivity index (χ0n) is 11.0. The van der Waals surface area contributed by atoms with Crippen molar-refractivity contribution in [3.05, 3.63) is 66.0 Å². The standard InChI is InChI=1S/C15H10F4O3/c16-11-6-8-12(9-7-11)22-13(20)14(21,15(17,18)19)10-4-2-1-3-5-10/h1-9,21H/t14-/m1/s1. The highest BCUT2D eigenvalue weighted by Gasteiger charge is 2.62. The van der Waals surface area contributed by atoms with Crippen molar-refractivity contribution in [2.75, 3.05) is 0 Å². The lowest BCUT2D eigenvalue weighted by Crippen LogP contribution is -2.51. The zero-order chi connectivity index (χ0) is 16.4. The number of benzene rings is 2. The van der Waals surface area contributed by atoms with Crippen LogP contribution < -0.4 is 4.74 Å². The molecule has 2 rings (SSSR count). The second kappa shape index (κ2) is 5.76. The van der Waals surface area contributed by atoms with Gasteiger partial charge in [0, 0.05) is 5.56 Å². The molecule has 7 heteroatoms. The molecule has 0 saturated heterocycles. The van der Waals surface area contributed by atoms with E-state index in [-0.39, 0.29) is 5.75 Å². The number of ether oxygens (including phenoxy) is 1. The monoisotopic (exact) mass is 314 g/mol. The van der Waals surface area contributed by atoms with Gasteiger partial charge in [0.2, 0.25) is 0 Å². The van der Waals surface area contributed by atoms with Gasteiger partial charge in [-0.3, -0.25) is 0 Å². The normalized spacial score (nSPS) is 14.2. The number of aliphatic hydroxyl groups is 1. The summed E-state index contributed by atoms with van der Waals surface area (Å²) in [4.78, 5) is 11.9. The van der Waals surface area contributed by atoms with Gasteiger partial charge in [-0.2, -0.15) is 13.2 Å². The van der Waals surface area contributed by atoms with Crippen LogP contribution in [0.4, 0.5) is 17.6 Å². The van der Waals surface area contributed by atoms with E-state index in [4.69, 9.17) is 0 Å². The highest BCUT2D eigenvalue weighted by atomic mass is 19.4. The molecule has 0 bridgehead atoms. The second-order valence-corrected chi connectivity index (χ2v) is 4.42. The van der Waals surface area contributed by atoms with Crippen LogP contribution in [0.25, 0.3) is 0 Å². The maximum atomic E-state index is 13.2. The first-order valence-electron chi connectivity index (χ1n) is 6.07. The summed E-state index contributed by atoms with van der Waals surface area (Å²) < 4.78 is 56.9. The third-order valence-corrected chi connectivity index (χ3v) is 2.92. The van der Waals surface area contributed by atoms with E-state index in [0.717, 1.165) is 36.4 Å². The zero-order valence-corrected chi connectivity index (χ0v) is 11.0. The van der Waals surface area contributed by atoms with Crippen LogP contribution in [0.1, 0.15) is 5.56 Å². The SMILES string of the molecule is O=C(Oc1ccc(F)cc1)[C@](O)(c1ccccc1)C(F)(F)F. The molecular weight excluding hydrogens is 304 g/mol. The Morgan fingerprint density at radius 3 is 2.00 bits per heavy atom. The highest BCUT2D eigenvalue weighted by Crippen LogP contribution is 2.40. The topological polar surface area (TPSA) is 46.5 Å². The van der Waals surface area contributed by atoms with Gasteiger partial charge in [-0.1, -0.05) is 30.3 Å². The minimum absolute atomic E-state index is 0.315. The third kappa shape index (κ3) is 2.94. The van der Waals surface area contributed by atoms with E-state index >= 15 is 0 Å². The summed E-state index contributed by atoms with van der Waals surface area (Å²) in [5.74, 6) is -2.88. The van der Waals surface area contributed by atoms with Crippen LogP contribution in [-0.2, 0) is 10.4 Å². The molecule has 116 valence electrons. The molecule has 0 spiro atoms. The predicted octanol–water partition coefficient (Wildman–Crippen LogP) is 3.18. The Labute approximate surface area is 122 Å². The van der Waals surface area contributed by atoms with Gasteiger partial charge < -0.3 is 9.84 Å². The van der Waals surface area contributed by atoms with Crippen LogP contribution in [-0.4, -0.2) is 17.3 Å². The smallest absolute Gasteiger partial charge is 0.424 e. The minimum Gasteiger partial charge on any atom is -0.424 e. The van der Waals surface area contributed by atoms with Crippen molar-refractivity contribution in [2.24, 2.45) is 0 Å². The van der Waals surface area contributed by atoms with Gasteiger partial charge in [-0.15, -0.1) is 0 Å². The Balaban J connectivity index is 2.38. The Hall–Kier alpha value is -2.41. The largest absolute Gasteiger partial charge is 0.432 e. The average molecular weight is 314 g/mol. The van der Waals surface area contributed by atoms with Gasteiger partial charge in [0.05, 0.1) is 0 Å². The number of rotatable bonds is 3. The fourth-order valence-corrected chi connectivity index (χ4v) is 1.76. The van der Waals surface area contributed by atoms with Gasteiger partial charge in [-0.05, 0) is 24.3 Å². The maximum Gasteiger partial charge on any atom is 0.432 e. The number of halogens is 4. The molecular formula is C15H10F4O3. The molecule has 0 saturated carbocycles. The van der Waals surface area contributed by atoms with Crippen LogP contribution in [0.15, 0.2) is 54.6 Å². The summed E-state index contributed by atoms with van der Waals surface area (Å²) in [6.07, 6.45) is -5.29. The van der Waals surface area contributed by atoms with Crippen LogP contribution in [0.3, 0.4) is 0 Å². The number of carbonyl (C=O) groups is 1. The van der Waals surface area contributed by atoms with Crippen molar-refractivity contribution in [3.63, 3.8) is 0 Å². The summed E-state index contributed by atoms with van der Waals surface area (Å²) in [7, 11) is 0. The molecule has 0 aliphatic heterocycles. The molecule has 0 heterocycles. The van der Waals surface area contributed by atoms with Crippen molar-refractivity contribution in [1.82, 2.24) is 0 Å². The molecule has 0 aliphatic rings. The first kappa shape index (κ1) is 16.0. The van der Waals surface area contributed by atoms with Gasteiger partial charge in [0.1, 0.15) is 11.6 Å². The van der Waals surface area contributed by atoms with Crippen LogP contribution in [0.2, 0.25) is 0 Å². The van der Waals surface area contributed by atoms with E-state index < -0.39 is 29.1 Å². The fraction of sp³-hybridized carbons (Fsp3) is 0.133. The van der Waals surface area contributed by atoms with Gasteiger partial charge in [0.25, 0.3) is 5.60 Å². The maximum absolute atomic E-state index is 13.2. The molecule has 3 nitrogen and oxygen atoms in total. The van der Waals surface area contributed by atoms with Crippen molar-refractivity contribution >= 4 is 5.97 Å². The Kier molecular flexibility index (Phi) is 4.18. The van der Waals surface area contributed by atoms with E-state index in [2.05, 4.69) is 4.74 Å². The van der Waals surface area contributed by atoms with Crippen LogP contribution in [0, 0.1) is 5.82 Å². The summed E-state index contributed by atoms with van der Waals surface area (Å²) >= 11 is 0. The van der Waals surface area contributed by atoms with Gasteiger partial charge in [-0.25, -0.2) is 9.18 Å². The molecule has 0 fully saturated rings. The van der Waals surface area contributed by atoms with Crippen molar-refractivity contribution in [2.45, 2.75) is 11.8 Å². The first-order chi connectivity index (χ1) is 10.2. The van der Waals surface area contributed by atoms with E-state index in [1.807, 2.05) is 0 Å². The van der Waals surface area contributed by atoms with Gasteiger partial charge in [0.15, 0.2) is 0 Å². The molecule has 0 radical (unpaired) electrons. The molecule has 1 atom stereocenters. The summed E-state index contributed by atoms with van der Waals surface area (Å²) in [5.41, 5.74) is -4.49. The Morgan fingerprint density at radius 1 is 0.955 bits per heavy atom. The number of hydrogen-bond donors (Lipinski definition) is 1. The molecule has 0 amide bonds. The lowest BCUT2D eigenvalue weighted by Gasteiger charge is -2.28. The number of alkyl halides is 3. The Bertz CT molecular complexity index is 653. The third-order valence-electron chi connectivity index (χ3n) is 2.92. The summed E-state index contributed by atoms with van der Waals surface area (Å²) in [6, 6.07) is 9.64. The molecule has 2 aromatic rings. The second-order valence-electron chi connectivity index (χ2n) is 4.42. The fourth-order valence-electron chi connectivity index (χ4n) is 1.76. The molecule has 2 aromatic carbocycles. The minimum atomic E-state index is -5.29. The number of esters is 1. The average Bonchev–Trinajstić information content (AvgIpc) is 2.48. The molecule has 22 heavy (non-hydrogen) atoms. The molecule has 0 aliphatic carbocycles. The van der Waals surface area contributed by atoms with E-state index in [0.29, 0.717) is 0 Å². The van der Waals surface area contributed by atoms with E-state index in [9.17, 15) is 27.5 Å². The van der Waals surface area contributed by atoms with Crippen LogP contribution >= 0.6 is 0 Å². The van der Waals surface area contributed by atoms with Crippen molar-refractivity contribution in [3.8, 4) is 5.75 Å². The number of hydrogen-bond acceptors (Lipinski definition) is 3. The number of carbonyl (C=O) groups excluding carboxylic acids is 1. The molecule has 0 unspecified atom stereocenters.